The lowest BCUT2D eigenvalue weighted by molar-refractivity contribution is -0.148. The fraction of sp³-hybridized carbons (Fsp3) is 0.217. The number of carbonyl (C=O) groups excluding carboxylic acids is 2. The van der Waals surface area contributed by atoms with Gasteiger partial charge in [-0.1, -0.05) is 0 Å². The third-order valence-corrected chi connectivity index (χ3v) is 4.68. The fourth-order valence-electron chi connectivity index (χ4n) is 3.00. The molecule has 0 unspecified atom stereocenters. The molecule has 0 aliphatic heterocycles. The summed E-state index contributed by atoms with van der Waals surface area (Å²) in [6.45, 7) is 6.01. The molecule has 0 radical (unpaired) electrons. The molecule has 0 aliphatic carbocycles. The largest absolute Gasteiger partial charge is 0.467 e. The number of nitrogens with one attached hydrogen (secondary N) is 1. The first-order valence-electron chi connectivity index (χ1n) is 9.47. The second-order valence-electron chi connectivity index (χ2n) is 6.90. The van der Waals surface area contributed by atoms with Crippen molar-refractivity contribution in [3.05, 3.63) is 83.3 Å². The van der Waals surface area contributed by atoms with Crippen LogP contribution in [0.1, 0.15) is 29.6 Å². The van der Waals surface area contributed by atoms with Crippen molar-refractivity contribution in [2.75, 3.05) is 5.32 Å². The van der Waals surface area contributed by atoms with Gasteiger partial charge < -0.3 is 19.0 Å². The van der Waals surface area contributed by atoms with Crippen LogP contribution in [0.15, 0.2) is 59.2 Å². The Hall–Kier alpha value is -3.61. The average molecular weight is 410 g/mol. The number of anilines is 1. The van der Waals surface area contributed by atoms with Gasteiger partial charge in [0, 0.05) is 23.2 Å². The predicted molar refractivity (Wildman–Crippen MR) is 111 cm³/mol. The van der Waals surface area contributed by atoms with E-state index >= 15 is 0 Å². The van der Waals surface area contributed by atoms with E-state index in [2.05, 4.69) is 9.88 Å². The maximum Gasteiger partial charge on any atom is 0.331 e. The Kier molecular flexibility index (Phi) is 6.51. The zero-order valence-corrected chi connectivity index (χ0v) is 17.0. The summed E-state index contributed by atoms with van der Waals surface area (Å²) in [5.74, 6) is -0.693. The van der Waals surface area contributed by atoms with Crippen molar-refractivity contribution in [3.8, 4) is 0 Å². The van der Waals surface area contributed by atoms with Crippen molar-refractivity contribution in [1.29, 1.82) is 0 Å². The standard InChI is InChI=1S/C23H23FN2O4/c1-15-13-18(16(2)26(15)14-21-5-4-12-29-21)6-11-22(27)30-17(3)23(28)25-20-9-7-19(24)8-10-20/h4-13,17H,14H2,1-3H3,(H,25,28)/b11-6+/t17-/m0/s1. The Morgan fingerprint density at radius 1 is 1.23 bits per heavy atom. The SMILES string of the molecule is Cc1cc(/C=C/C(=O)O[C@@H](C)C(=O)Nc2ccc(F)cc2)c(C)n1Cc1ccco1. The van der Waals surface area contributed by atoms with Crippen molar-refractivity contribution in [2.24, 2.45) is 0 Å². The third-order valence-electron chi connectivity index (χ3n) is 4.68. The van der Waals surface area contributed by atoms with E-state index in [0.717, 1.165) is 22.7 Å². The van der Waals surface area contributed by atoms with Crippen LogP contribution in [-0.4, -0.2) is 22.5 Å². The van der Waals surface area contributed by atoms with Crippen molar-refractivity contribution >= 4 is 23.6 Å². The summed E-state index contributed by atoms with van der Waals surface area (Å²) in [5, 5.41) is 2.57. The highest BCUT2D eigenvalue weighted by molar-refractivity contribution is 5.96. The maximum atomic E-state index is 12.9. The first-order chi connectivity index (χ1) is 14.3. The molecule has 0 spiro atoms. The number of nitrogens with zero attached hydrogens (tertiary/aromatic N) is 1. The molecule has 0 saturated heterocycles. The van der Waals surface area contributed by atoms with Crippen LogP contribution in [0, 0.1) is 19.7 Å². The number of furan rings is 1. The lowest BCUT2D eigenvalue weighted by Gasteiger charge is -2.12. The molecule has 1 aromatic carbocycles. The zero-order chi connectivity index (χ0) is 21.7. The lowest BCUT2D eigenvalue weighted by atomic mass is 10.2. The van der Waals surface area contributed by atoms with E-state index in [9.17, 15) is 14.0 Å². The summed E-state index contributed by atoms with van der Waals surface area (Å²) in [6.07, 6.45) is 3.58. The number of aromatic nitrogens is 1. The number of hydrogen-bond acceptors (Lipinski definition) is 4. The molecule has 2 aromatic heterocycles. The first kappa shape index (κ1) is 21.1. The number of aryl methyl sites for hydroxylation is 1. The number of amides is 1. The van der Waals surface area contributed by atoms with Gasteiger partial charge in [0.05, 0.1) is 12.8 Å². The molecular weight excluding hydrogens is 387 g/mol. The highest BCUT2D eigenvalue weighted by atomic mass is 19.1. The van der Waals surface area contributed by atoms with Gasteiger partial charge in [-0.2, -0.15) is 0 Å². The van der Waals surface area contributed by atoms with Gasteiger partial charge in [0.1, 0.15) is 11.6 Å². The molecular formula is C23H23FN2O4. The monoisotopic (exact) mass is 410 g/mol. The number of rotatable bonds is 7. The van der Waals surface area contributed by atoms with E-state index in [1.807, 2.05) is 32.0 Å². The van der Waals surface area contributed by atoms with Crippen LogP contribution >= 0.6 is 0 Å². The number of benzene rings is 1. The van der Waals surface area contributed by atoms with Gasteiger partial charge in [-0.3, -0.25) is 4.79 Å². The number of ether oxygens (including phenoxy) is 1. The molecule has 1 amide bonds. The van der Waals surface area contributed by atoms with Gasteiger partial charge in [0.15, 0.2) is 6.10 Å². The number of halogens is 1. The summed E-state index contributed by atoms with van der Waals surface area (Å²) >= 11 is 0. The third kappa shape index (κ3) is 5.26. The molecule has 30 heavy (non-hydrogen) atoms. The van der Waals surface area contributed by atoms with Gasteiger partial charge in [-0.05, 0) is 74.9 Å². The molecule has 1 N–H and O–H groups in total. The number of esters is 1. The van der Waals surface area contributed by atoms with Crippen molar-refractivity contribution in [2.45, 2.75) is 33.4 Å². The van der Waals surface area contributed by atoms with Gasteiger partial charge in [-0.15, -0.1) is 0 Å². The van der Waals surface area contributed by atoms with Crippen molar-refractivity contribution in [3.63, 3.8) is 0 Å². The molecule has 7 heteroatoms. The molecule has 0 fully saturated rings. The highest BCUT2D eigenvalue weighted by Crippen LogP contribution is 2.19. The van der Waals surface area contributed by atoms with E-state index in [1.165, 1.54) is 37.3 Å². The molecule has 156 valence electrons. The predicted octanol–water partition coefficient (Wildman–Crippen LogP) is 4.47. The van der Waals surface area contributed by atoms with Crippen LogP contribution in [0.4, 0.5) is 10.1 Å². The molecule has 0 saturated carbocycles. The van der Waals surface area contributed by atoms with Crippen LogP contribution in [-0.2, 0) is 20.9 Å². The summed E-state index contributed by atoms with van der Waals surface area (Å²) in [4.78, 5) is 24.3. The Morgan fingerprint density at radius 3 is 2.63 bits per heavy atom. The van der Waals surface area contributed by atoms with E-state index in [1.54, 1.807) is 12.3 Å². The Morgan fingerprint density at radius 2 is 1.97 bits per heavy atom. The van der Waals surface area contributed by atoms with Gasteiger partial charge in [0.2, 0.25) is 0 Å². The second-order valence-corrected chi connectivity index (χ2v) is 6.90. The van der Waals surface area contributed by atoms with Crippen molar-refractivity contribution in [1.82, 2.24) is 4.57 Å². The summed E-state index contributed by atoms with van der Waals surface area (Å²) in [5.41, 5.74) is 3.31. The average Bonchev–Trinajstić information content (AvgIpc) is 3.32. The van der Waals surface area contributed by atoms with E-state index in [-0.39, 0.29) is 0 Å². The Balaban J connectivity index is 1.58. The maximum absolute atomic E-state index is 12.9. The van der Waals surface area contributed by atoms with Crippen LogP contribution < -0.4 is 5.32 Å². The number of carbonyl (C=O) groups is 2. The van der Waals surface area contributed by atoms with Crippen LogP contribution in [0.5, 0.6) is 0 Å². The van der Waals surface area contributed by atoms with E-state index in [0.29, 0.717) is 12.2 Å². The summed E-state index contributed by atoms with van der Waals surface area (Å²) in [7, 11) is 0. The summed E-state index contributed by atoms with van der Waals surface area (Å²) in [6, 6.07) is 11.0. The minimum absolute atomic E-state index is 0.402. The van der Waals surface area contributed by atoms with Crippen molar-refractivity contribution < 1.29 is 23.1 Å². The minimum atomic E-state index is -1.00. The van der Waals surface area contributed by atoms with Crippen LogP contribution in [0.3, 0.4) is 0 Å². The normalized spacial score (nSPS) is 12.1. The molecule has 3 aromatic rings. The molecule has 1 atom stereocenters. The first-order valence-corrected chi connectivity index (χ1v) is 9.47. The van der Waals surface area contributed by atoms with Crippen LogP contribution in [0.25, 0.3) is 6.08 Å². The molecule has 0 aliphatic rings. The number of hydrogen-bond donors (Lipinski definition) is 1. The fourth-order valence-corrected chi connectivity index (χ4v) is 3.00. The zero-order valence-electron chi connectivity index (χ0n) is 17.0. The summed E-state index contributed by atoms with van der Waals surface area (Å²) < 4.78 is 25.6. The molecule has 6 nitrogen and oxygen atoms in total. The van der Waals surface area contributed by atoms with Gasteiger partial charge in [-0.25, -0.2) is 9.18 Å². The Bertz CT molecular complexity index is 1050. The molecule has 0 bridgehead atoms. The minimum Gasteiger partial charge on any atom is -0.467 e. The van der Waals surface area contributed by atoms with E-state index in [4.69, 9.17) is 9.15 Å². The van der Waals surface area contributed by atoms with Crippen LogP contribution in [0.2, 0.25) is 0 Å². The smallest absolute Gasteiger partial charge is 0.331 e. The molecule has 3 rings (SSSR count). The second kappa shape index (κ2) is 9.26. The topological polar surface area (TPSA) is 73.5 Å². The van der Waals surface area contributed by atoms with E-state index < -0.39 is 23.8 Å². The Labute approximate surface area is 174 Å². The lowest BCUT2D eigenvalue weighted by Crippen LogP contribution is -2.29. The quantitative estimate of drug-likeness (QED) is 0.461. The van der Waals surface area contributed by atoms with Gasteiger partial charge >= 0.3 is 5.97 Å². The molecule has 2 heterocycles. The highest BCUT2D eigenvalue weighted by Gasteiger charge is 2.17. The van der Waals surface area contributed by atoms with Gasteiger partial charge in [0.25, 0.3) is 5.91 Å².